The van der Waals surface area contributed by atoms with E-state index in [-0.39, 0.29) is 24.4 Å². The van der Waals surface area contributed by atoms with E-state index in [1.807, 2.05) is 32.0 Å². The Labute approximate surface area is 125 Å². The smallest absolute Gasteiger partial charge is 0.304 e. The van der Waals surface area contributed by atoms with Gasteiger partial charge in [-0.1, -0.05) is 26.0 Å². The van der Waals surface area contributed by atoms with Crippen LogP contribution in [0.2, 0.25) is 0 Å². The Morgan fingerprint density at radius 3 is 2.76 bits per heavy atom. The molecule has 2 N–H and O–H groups in total. The van der Waals surface area contributed by atoms with Gasteiger partial charge in [0.15, 0.2) is 0 Å². The standard InChI is InChI=1S/C16H22N2O3/c1-10(2)17-13(9-16(20)21)7-11-4-5-14-12(6-11)8-15(19)18(14)3/h4-6,10,13,17H,7-9H2,1-3H3,(H,20,21). The summed E-state index contributed by atoms with van der Waals surface area (Å²) in [4.78, 5) is 24.3. The van der Waals surface area contributed by atoms with E-state index in [2.05, 4.69) is 5.32 Å². The average Bonchev–Trinajstić information content (AvgIpc) is 2.63. The number of fused-ring (bicyclic) bond motifs is 1. The first-order valence-corrected chi connectivity index (χ1v) is 7.23. The monoisotopic (exact) mass is 290 g/mol. The van der Waals surface area contributed by atoms with E-state index in [0.29, 0.717) is 12.8 Å². The summed E-state index contributed by atoms with van der Waals surface area (Å²) in [5.41, 5.74) is 3.05. The molecule has 0 bridgehead atoms. The van der Waals surface area contributed by atoms with Gasteiger partial charge in [-0.2, -0.15) is 0 Å². The molecule has 1 heterocycles. The van der Waals surface area contributed by atoms with E-state index < -0.39 is 5.97 Å². The minimum atomic E-state index is -0.802. The van der Waals surface area contributed by atoms with E-state index in [9.17, 15) is 9.59 Å². The minimum Gasteiger partial charge on any atom is -0.481 e. The maximum Gasteiger partial charge on any atom is 0.304 e. The third-order valence-corrected chi connectivity index (χ3v) is 3.69. The maximum absolute atomic E-state index is 11.7. The number of likely N-dealkylation sites (N-methyl/N-ethyl adjacent to an activating group) is 1. The van der Waals surface area contributed by atoms with Gasteiger partial charge in [0.05, 0.1) is 12.8 Å². The highest BCUT2D eigenvalue weighted by Gasteiger charge is 2.24. The number of benzene rings is 1. The first-order chi connectivity index (χ1) is 9.86. The van der Waals surface area contributed by atoms with E-state index in [1.165, 1.54) is 0 Å². The summed E-state index contributed by atoms with van der Waals surface area (Å²) in [5.74, 6) is -0.700. The third kappa shape index (κ3) is 3.82. The highest BCUT2D eigenvalue weighted by Crippen LogP contribution is 2.28. The van der Waals surface area contributed by atoms with E-state index >= 15 is 0 Å². The summed E-state index contributed by atoms with van der Waals surface area (Å²) in [6.45, 7) is 4.01. The number of carboxylic acid groups (broad SMARTS) is 1. The zero-order chi connectivity index (χ0) is 15.6. The van der Waals surface area contributed by atoms with Crippen molar-refractivity contribution in [3.63, 3.8) is 0 Å². The molecule has 1 aliphatic heterocycles. The fourth-order valence-corrected chi connectivity index (χ4v) is 2.81. The second kappa shape index (κ2) is 6.26. The number of hydrogen-bond acceptors (Lipinski definition) is 3. The first-order valence-electron chi connectivity index (χ1n) is 7.23. The SMILES string of the molecule is CC(C)NC(CC(=O)O)Cc1ccc2c(c1)CC(=O)N2C. The van der Waals surface area contributed by atoms with E-state index in [0.717, 1.165) is 16.8 Å². The van der Waals surface area contributed by atoms with Gasteiger partial charge in [0.2, 0.25) is 5.91 Å². The van der Waals surface area contributed by atoms with Gasteiger partial charge in [0.25, 0.3) is 0 Å². The summed E-state index contributed by atoms with van der Waals surface area (Å²) in [7, 11) is 1.78. The Morgan fingerprint density at radius 1 is 1.43 bits per heavy atom. The number of aliphatic carboxylic acids is 1. The van der Waals surface area contributed by atoms with Crippen molar-refractivity contribution in [1.29, 1.82) is 0 Å². The topological polar surface area (TPSA) is 69.6 Å². The van der Waals surface area contributed by atoms with E-state index in [4.69, 9.17) is 5.11 Å². The van der Waals surface area contributed by atoms with Crippen LogP contribution in [0.15, 0.2) is 18.2 Å². The van der Waals surface area contributed by atoms with Gasteiger partial charge in [-0.25, -0.2) is 0 Å². The second-order valence-electron chi connectivity index (χ2n) is 5.91. The molecule has 114 valence electrons. The predicted molar refractivity (Wildman–Crippen MR) is 81.6 cm³/mol. The number of nitrogens with zero attached hydrogens (tertiary/aromatic N) is 1. The first kappa shape index (κ1) is 15.5. The Hall–Kier alpha value is -1.88. The Bertz CT molecular complexity index is 554. The van der Waals surface area contributed by atoms with Crippen LogP contribution in [0.5, 0.6) is 0 Å². The highest BCUT2D eigenvalue weighted by molar-refractivity contribution is 6.00. The summed E-state index contributed by atoms with van der Waals surface area (Å²) in [5, 5.41) is 12.3. The summed E-state index contributed by atoms with van der Waals surface area (Å²) < 4.78 is 0. The van der Waals surface area contributed by atoms with Crippen molar-refractivity contribution in [2.24, 2.45) is 0 Å². The molecule has 5 heteroatoms. The maximum atomic E-state index is 11.7. The molecule has 0 spiro atoms. The fourth-order valence-electron chi connectivity index (χ4n) is 2.81. The van der Waals surface area contributed by atoms with Crippen LogP contribution in [-0.2, 0) is 22.4 Å². The van der Waals surface area contributed by atoms with Gasteiger partial charge in [-0.3, -0.25) is 9.59 Å². The van der Waals surface area contributed by atoms with Crippen LogP contribution in [-0.4, -0.2) is 36.1 Å². The van der Waals surface area contributed by atoms with Crippen molar-refractivity contribution < 1.29 is 14.7 Å². The van der Waals surface area contributed by atoms with Crippen molar-refractivity contribution >= 4 is 17.6 Å². The second-order valence-corrected chi connectivity index (χ2v) is 5.91. The van der Waals surface area contributed by atoms with Gasteiger partial charge < -0.3 is 15.3 Å². The van der Waals surface area contributed by atoms with Crippen molar-refractivity contribution in [2.75, 3.05) is 11.9 Å². The lowest BCUT2D eigenvalue weighted by molar-refractivity contribution is -0.137. The number of carboxylic acids is 1. The molecule has 21 heavy (non-hydrogen) atoms. The number of nitrogens with one attached hydrogen (secondary N) is 1. The van der Waals surface area contributed by atoms with Crippen LogP contribution in [0.3, 0.4) is 0 Å². The molecule has 0 fully saturated rings. The normalized spacial score (nSPS) is 15.4. The van der Waals surface area contributed by atoms with Crippen molar-refractivity contribution in [1.82, 2.24) is 5.32 Å². The number of hydrogen-bond donors (Lipinski definition) is 2. The van der Waals surface area contributed by atoms with Gasteiger partial charge in [-0.15, -0.1) is 0 Å². The molecular weight excluding hydrogens is 268 g/mol. The third-order valence-electron chi connectivity index (χ3n) is 3.69. The molecular formula is C16H22N2O3. The molecule has 0 aromatic heterocycles. The fraction of sp³-hybridized carbons (Fsp3) is 0.500. The quantitative estimate of drug-likeness (QED) is 0.835. The molecule has 1 unspecified atom stereocenters. The largest absolute Gasteiger partial charge is 0.481 e. The summed E-state index contributed by atoms with van der Waals surface area (Å²) in [6, 6.07) is 6.08. The lowest BCUT2D eigenvalue weighted by Gasteiger charge is -2.20. The molecule has 1 amide bonds. The Kier molecular flexibility index (Phi) is 4.63. The summed E-state index contributed by atoms with van der Waals surface area (Å²) in [6.07, 6.45) is 1.17. The van der Waals surface area contributed by atoms with E-state index in [1.54, 1.807) is 11.9 Å². The summed E-state index contributed by atoms with van der Waals surface area (Å²) >= 11 is 0. The highest BCUT2D eigenvalue weighted by atomic mass is 16.4. The number of amides is 1. The number of carbonyl (C=O) groups is 2. The molecule has 0 saturated heterocycles. The molecule has 0 radical (unpaired) electrons. The van der Waals surface area contributed by atoms with Crippen LogP contribution in [0, 0.1) is 0 Å². The number of anilines is 1. The van der Waals surface area contributed by atoms with Gasteiger partial charge >= 0.3 is 5.97 Å². The molecule has 2 rings (SSSR count). The number of carbonyl (C=O) groups excluding carboxylic acids is 1. The van der Waals surface area contributed by atoms with Gasteiger partial charge in [0.1, 0.15) is 0 Å². The van der Waals surface area contributed by atoms with Gasteiger partial charge in [-0.05, 0) is 23.6 Å². The van der Waals surface area contributed by atoms with Crippen molar-refractivity contribution in [3.8, 4) is 0 Å². The van der Waals surface area contributed by atoms with Gasteiger partial charge in [0, 0.05) is 24.8 Å². The minimum absolute atomic E-state index is 0.0914. The predicted octanol–water partition coefficient (Wildman–Crippen LogP) is 1.59. The molecule has 0 saturated carbocycles. The van der Waals surface area contributed by atoms with Crippen molar-refractivity contribution in [3.05, 3.63) is 29.3 Å². The lowest BCUT2D eigenvalue weighted by Crippen LogP contribution is -2.38. The van der Waals surface area contributed by atoms with Crippen LogP contribution < -0.4 is 10.2 Å². The van der Waals surface area contributed by atoms with Crippen LogP contribution >= 0.6 is 0 Å². The van der Waals surface area contributed by atoms with Crippen molar-refractivity contribution in [2.45, 2.75) is 45.2 Å². The molecule has 1 atom stereocenters. The molecule has 0 aliphatic carbocycles. The molecule has 1 aromatic rings. The Morgan fingerprint density at radius 2 is 2.14 bits per heavy atom. The zero-order valence-electron chi connectivity index (χ0n) is 12.7. The Balaban J connectivity index is 2.13. The zero-order valence-corrected chi connectivity index (χ0v) is 12.7. The molecule has 1 aromatic carbocycles. The lowest BCUT2D eigenvalue weighted by atomic mass is 9.99. The van der Waals surface area contributed by atoms with Crippen LogP contribution in [0.4, 0.5) is 5.69 Å². The number of rotatable bonds is 6. The molecule has 5 nitrogen and oxygen atoms in total. The van der Waals surface area contributed by atoms with Crippen LogP contribution in [0.25, 0.3) is 0 Å². The molecule has 1 aliphatic rings. The van der Waals surface area contributed by atoms with Crippen LogP contribution in [0.1, 0.15) is 31.4 Å². The average molecular weight is 290 g/mol.